The minimum absolute atomic E-state index is 0.241. The molecule has 1 aliphatic rings. The van der Waals surface area contributed by atoms with Crippen LogP contribution in [0.15, 0.2) is 48.5 Å². The molecule has 1 aliphatic heterocycles. The number of ether oxygens (including phenoxy) is 1. The summed E-state index contributed by atoms with van der Waals surface area (Å²) in [5, 5.41) is 7.37. The van der Waals surface area contributed by atoms with Crippen molar-refractivity contribution < 1.29 is 4.74 Å². The number of nitrogens with zero attached hydrogens (tertiary/aromatic N) is 1. The number of thiocarbonyl (C=S) groups is 1. The minimum Gasteiger partial charge on any atom is -0.496 e. The van der Waals surface area contributed by atoms with E-state index < -0.39 is 0 Å². The largest absolute Gasteiger partial charge is 0.496 e. The molecule has 2 N–H and O–H groups in total. The predicted molar refractivity (Wildman–Crippen MR) is 112 cm³/mol. The van der Waals surface area contributed by atoms with Crippen LogP contribution in [0.5, 0.6) is 5.75 Å². The van der Waals surface area contributed by atoms with Gasteiger partial charge in [-0.05, 0) is 62.8 Å². The number of likely N-dealkylation sites (tertiary alicyclic amines) is 1. The molecule has 0 saturated carbocycles. The summed E-state index contributed by atoms with van der Waals surface area (Å²) in [6.07, 6.45) is 2.50. The Hall–Kier alpha value is -2.11. The van der Waals surface area contributed by atoms with E-state index >= 15 is 0 Å². The average molecular weight is 370 g/mol. The molecule has 0 radical (unpaired) electrons. The Bertz CT molecular complexity index is 744. The van der Waals surface area contributed by atoms with Gasteiger partial charge in [0.25, 0.3) is 0 Å². The van der Waals surface area contributed by atoms with Crippen LogP contribution < -0.4 is 15.4 Å². The normalized spacial score (nSPS) is 15.5. The highest BCUT2D eigenvalue weighted by Gasteiger charge is 2.25. The molecule has 2 aromatic rings. The highest BCUT2D eigenvalue weighted by Crippen LogP contribution is 2.31. The Morgan fingerprint density at radius 2 is 1.81 bits per heavy atom. The standard InChI is InChI=1S/C21H27N3OS/c1-16-9-3-5-11-18(16)23-21(26)22-15-19(24-13-7-8-14-24)17-10-4-6-12-20(17)25-2/h3-6,9-12,19H,7-8,13-15H2,1-2H3,(H2,22,23,26). The first-order valence-corrected chi connectivity index (χ1v) is 9.57. The molecule has 1 fully saturated rings. The second-order valence-corrected chi connectivity index (χ2v) is 7.06. The van der Waals surface area contributed by atoms with Gasteiger partial charge in [-0.2, -0.15) is 0 Å². The molecule has 1 atom stereocenters. The lowest BCUT2D eigenvalue weighted by molar-refractivity contribution is 0.240. The van der Waals surface area contributed by atoms with Gasteiger partial charge in [-0.15, -0.1) is 0 Å². The lowest BCUT2D eigenvalue weighted by atomic mass is 10.0. The van der Waals surface area contributed by atoms with Gasteiger partial charge in [0, 0.05) is 17.8 Å². The zero-order valence-electron chi connectivity index (χ0n) is 15.5. The summed E-state index contributed by atoms with van der Waals surface area (Å²) in [4.78, 5) is 2.52. The Kier molecular flexibility index (Phi) is 6.47. The van der Waals surface area contributed by atoms with Crippen molar-refractivity contribution in [2.45, 2.75) is 25.8 Å². The molecular formula is C21H27N3OS. The summed E-state index contributed by atoms with van der Waals surface area (Å²) >= 11 is 5.53. The number of hydrogen-bond donors (Lipinski definition) is 2. The Morgan fingerprint density at radius 3 is 2.54 bits per heavy atom. The number of nitrogens with one attached hydrogen (secondary N) is 2. The lowest BCUT2D eigenvalue weighted by Gasteiger charge is -2.29. The van der Waals surface area contributed by atoms with Crippen LogP contribution in [-0.4, -0.2) is 36.8 Å². The van der Waals surface area contributed by atoms with Gasteiger partial charge >= 0.3 is 0 Å². The maximum Gasteiger partial charge on any atom is 0.170 e. The first kappa shape index (κ1) is 18.7. The van der Waals surface area contributed by atoms with E-state index in [0.717, 1.165) is 31.1 Å². The first-order chi connectivity index (χ1) is 12.7. The SMILES string of the molecule is COc1ccccc1C(CNC(=S)Nc1ccccc1C)N1CCCC1. The molecule has 5 heteroatoms. The lowest BCUT2D eigenvalue weighted by Crippen LogP contribution is -2.38. The van der Waals surface area contributed by atoms with Crippen molar-refractivity contribution >= 4 is 23.0 Å². The van der Waals surface area contributed by atoms with Crippen molar-refractivity contribution in [1.82, 2.24) is 10.2 Å². The van der Waals surface area contributed by atoms with E-state index in [-0.39, 0.29) is 6.04 Å². The molecule has 0 spiro atoms. The molecule has 0 bridgehead atoms. The van der Waals surface area contributed by atoms with Crippen molar-refractivity contribution in [3.05, 3.63) is 59.7 Å². The highest BCUT2D eigenvalue weighted by atomic mass is 32.1. The van der Waals surface area contributed by atoms with Crippen LogP contribution in [0.1, 0.15) is 30.0 Å². The van der Waals surface area contributed by atoms with Gasteiger partial charge in [-0.3, -0.25) is 4.90 Å². The van der Waals surface area contributed by atoms with Crippen molar-refractivity contribution in [2.24, 2.45) is 0 Å². The van der Waals surface area contributed by atoms with Crippen LogP contribution in [0, 0.1) is 6.92 Å². The summed E-state index contributed by atoms with van der Waals surface area (Å²) in [7, 11) is 1.73. The van der Waals surface area contributed by atoms with Crippen molar-refractivity contribution in [1.29, 1.82) is 0 Å². The predicted octanol–water partition coefficient (Wildman–Crippen LogP) is 4.13. The molecular weight excluding hydrogens is 342 g/mol. The van der Waals surface area contributed by atoms with Gasteiger partial charge in [-0.25, -0.2) is 0 Å². The van der Waals surface area contributed by atoms with Crippen LogP contribution in [0.2, 0.25) is 0 Å². The molecule has 3 rings (SSSR count). The molecule has 1 saturated heterocycles. The molecule has 0 amide bonds. The zero-order valence-corrected chi connectivity index (χ0v) is 16.3. The summed E-state index contributed by atoms with van der Waals surface area (Å²) in [5.74, 6) is 0.934. The van der Waals surface area contributed by atoms with Crippen LogP contribution in [0.25, 0.3) is 0 Å². The summed E-state index contributed by atoms with van der Waals surface area (Å²) in [5.41, 5.74) is 3.43. The van der Waals surface area contributed by atoms with Crippen LogP contribution in [0.4, 0.5) is 5.69 Å². The van der Waals surface area contributed by atoms with Gasteiger partial charge in [0.15, 0.2) is 5.11 Å². The van der Waals surface area contributed by atoms with E-state index in [1.807, 2.05) is 30.3 Å². The summed E-state index contributed by atoms with van der Waals surface area (Å²) < 4.78 is 5.60. The molecule has 0 aliphatic carbocycles. The Labute approximate surface area is 161 Å². The van der Waals surface area contributed by atoms with Gasteiger partial charge < -0.3 is 15.4 Å². The Balaban J connectivity index is 1.70. The summed E-state index contributed by atoms with van der Waals surface area (Å²) in [6.45, 7) is 5.05. The molecule has 1 heterocycles. The van der Waals surface area contributed by atoms with E-state index in [9.17, 15) is 0 Å². The fraction of sp³-hybridized carbons (Fsp3) is 0.381. The zero-order chi connectivity index (χ0) is 18.4. The molecule has 26 heavy (non-hydrogen) atoms. The number of hydrogen-bond acceptors (Lipinski definition) is 3. The second-order valence-electron chi connectivity index (χ2n) is 6.65. The molecule has 138 valence electrons. The number of rotatable bonds is 6. The average Bonchev–Trinajstić information content (AvgIpc) is 3.19. The van der Waals surface area contributed by atoms with Crippen molar-refractivity contribution in [2.75, 3.05) is 32.1 Å². The Morgan fingerprint density at radius 1 is 1.12 bits per heavy atom. The molecule has 0 aromatic heterocycles. The van der Waals surface area contributed by atoms with E-state index in [1.54, 1.807) is 7.11 Å². The molecule has 2 aromatic carbocycles. The third kappa shape index (κ3) is 4.54. The third-order valence-corrected chi connectivity index (χ3v) is 5.17. The fourth-order valence-corrected chi connectivity index (χ4v) is 3.69. The summed E-state index contributed by atoms with van der Waals surface area (Å²) in [6, 6.07) is 16.7. The fourth-order valence-electron chi connectivity index (χ4n) is 3.50. The minimum atomic E-state index is 0.241. The number of para-hydroxylation sites is 2. The van der Waals surface area contributed by atoms with Gasteiger partial charge in [0.2, 0.25) is 0 Å². The van der Waals surface area contributed by atoms with Gasteiger partial charge in [0.05, 0.1) is 13.2 Å². The topological polar surface area (TPSA) is 36.5 Å². The van der Waals surface area contributed by atoms with Crippen molar-refractivity contribution in [3.63, 3.8) is 0 Å². The number of anilines is 1. The maximum absolute atomic E-state index is 5.60. The van der Waals surface area contributed by atoms with Crippen LogP contribution >= 0.6 is 12.2 Å². The van der Waals surface area contributed by atoms with E-state index in [2.05, 4.69) is 40.7 Å². The van der Waals surface area contributed by atoms with Crippen molar-refractivity contribution in [3.8, 4) is 5.75 Å². The molecule has 1 unspecified atom stereocenters. The van der Waals surface area contributed by atoms with E-state index in [0.29, 0.717) is 5.11 Å². The van der Waals surface area contributed by atoms with E-state index in [4.69, 9.17) is 17.0 Å². The van der Waals surface area contributed by atoms with Gasteiger partial charge in [-0.1, -0.05) is 36.4 Å². The monoisotopic (exact) mass is 369 g/mol. The highest BCUT2D eigenvalue weighted by molar-refractivity contribution is 7.80. The second kappa shape index (κ2) is 9.01. The van der Waals surface area contributed by atoms with E-state index in [1.165, 1.54) is 24.0 Å². The number of methoxy groups -OCH3 is 1. The third-order valence-electron chi connectivity index (χ3n) is 4.93. The molecule has 4 nitrogen and oxygen atoms in total. The quantitative estimate of drug-likeness (QED) is 0.749. The number of aryl methyl sites for hydroxylation is 1. The smallest absolute Gasteiger partial charge is 0.170 e. The van der Waals surface area contributed by atoms with Crippen LogP contribution in [0.3, 0.4) is 0 Å². The first-order valence-electron chi connectivity index (χ1n) is 9.16. The van der Waals surface area contributed by atoms with Crippen LogP contribution in [-0.2, 0) is 0 Å². The maximum atomic E-state index is 5.60. The van der Waals surface area contributed by atoms with Gasteiger partial charge in [0.1, 0.15) is 5.75 Å². The number of benzene rings is 2.